The molecular weight excluding hydrogens is 432 g/mol. The molecule has 0 unspecified atom stereocenters. The molecule has 0 spiro atoms. The standard InChI is InChI=1S/C14H11Cl4N3O3S/c1-19-25(23,24)8-2-3-10(16)9(6-8)14(22)21-20-13-11(17)4-7(15)5-12(13)18/h2-6,19-20H,1H3,(H,21,22). The van der Waals surface area contributed by atoms with Gasteiger partial charge in [0.2, 0.25) is 10.0 Å². The van der Waals surface area contributed by atoms with Crippen LogP contribution in [-0.2, 0) is 10.0 Å². The highest BCUT2D eigenvalue weighted by molar-refractivity contribution is 7.89. The van der Waals surface area contributed by atoms with Crippen molar-refractivity contribution in [3.05, 3.63) is 56.0 Å². The number of hydrogen-bond donors (Lipinski definition) is 3. The number of benzene rings is 2. The molecule has 2 aromatic rings. The monoisotopic (exact) mass is 441 g/mol. The van der Waals surface area contributed by atoms with Gasteiger partial charge in [-0.2, -0.15) is 0 Å². The Balaban J connectivity index is 2.26. The fourth-order valence-electron chi connectivity index (χ4n) is 1.81. The van der Waals surface area contributed by atoms with Gasteiger partial charge >= 0.3 is 0 Å². The van der Waals surface area contributed by atoms with Crippen molar-refractivity contribution in [1.29, 1.82) is 0 Å². The Morgan fingerprint density at radius 2 is 1.56 bits per heavy atom. The average Bonchev–Trinajstić information content (AvgIpc) is 2.53. The van der Waals surface area contributed by atoms with Crippen LogP contribution in [0.2, 0.25) is 20.1 Å². The quantitative estimate of drug-likeness (QED) is 0.611. The molecule has 134 valence electrons. The van der Waals surface area contributed by atoms with Crippen molar-refractivity contribution in [2.24, 2.45) is 0 Å². The molecule has 0 bridgehead atoms. The van der Waals surface area contributed by atoms with Crippen molar-refractivity contribution in [1.82, 2.24) is 10.1 Å². The first-order valence-electron chi connectivity index (χ1n) is 6.59. The second-order valence-electron chi connectivity index (χ2n) is 4.67. The molecule has 0 heterocycles. The summed E-state index contributed by atoms with van der Waals surface area (Å²) in [5.74, 6) is -0.680. The van der Waals surface area contributed by atoms with Crippen LogP contribution in [0.1, 0.15) is 10.4 Å². The summed E-state index contributed by atoms with van der Waals surface area (Å²) in [7, 11) is -2.46. The molecule has 0 aliphatic rings. The van der Waals surface area contributed by atoms with Gasteiger partial charge in [-0.25, -0.2) is 13.1 Å². The molecule has 0 saturated carbocycles. The minimum absolute atomic E-state index is 0.0494. The first-order valence-corrected chi connectivity index (χ1v) is 9.59. The Kier molecular flexibility index (Phi) is 6.42. The van der Waals surface area contributed by atoms with Crippen molar-refractivity contribution >= 4 is 68.0 Å². The SMILES string of the molecule is CNS(=O)(=O)c1ccc(Cl)c(C(=O)NNc2c(Cl)cc(Cl)cc2Cl)c1. The first-order chi connectivity index (χ1) is 11.7. The van der Waals surface area contributed by atoms with Crippen LogP contribution in [0.15, 0.2) is 35.2 Å². The molecule has 25 heavy (non-hydrogen) atoms. The zero-order valence-electron chi connectivity index (χ0n) is 12.5. The number of carbonyl (C=O) groups excluding carboxylic acids is 1. The molecule has 0 atom stereocenters. The van der Waals surface area contributed by atoms with Crippen LogP contribution in [0.5, 0.6) is 0 Å². The minimum Gasteiger partial charge on any atom is -0.295 e. The number of anilines is 1. The van der Waals surface area contributed by atoms with Crippen molar-refractivity contribution in [3.8, 4) is 0 Å². The van der Waals surface area contributed by atoms with E-state index < -0.39 is 15.9 Å². The molecule has 3 N–H and O–H groups in total. The lowest BCUT2D eigenvalue weighted by atomic mass is 10.2. The Hall–Kier alpha value is -1.22. The van der Waals surface area contributed by atoms with E-state index in [1.165, 1.54) is 31.3 Å². The van der Waals surface area contributed by atoms with Gasteiger partial charge in [0.05, 0.1) is 31.2 Å². The van der Waals surface area contributed by atoms with Gasteiger partial charge in [0.25, 0.3) is 5.91 Å². The summed E-state index contributed by atoms with van der Waals surface area (Å²) >= 11 is 23.8. The van der Waals surface area contributed by atoms with E-state index in [1.807, 2.05) is 0 Å². The predicted octanol–water partition coefficient (Wildman–Crippen LogP) is 3.97. The van der Waals surface area contributed by atoms with Crippen LogP contribution in [0.3, 0.4) is 0 Å². The number of halogens is 4. The number of hydrogen-bond acceptors (Lipinski definition) is 4. The van der Waals surface area contributed by atoms with Gasteiger partial charge in [0.15, 0.2) is 0 Å². The largest absolute Gasteiger partial charge is 0.295 e. The van der Waals surface area contributed by atoms with Gasteiger partial charge in [0.1, 0.15) is 0 Å². The van der Waals surface area contributed by atoms with Crippen LogP contribution in [0, 0.1) is 0 Å². The highest BCUT2D eigenvalue weighted by Gasteiger charge is 2.18. The number of rotatable bonds is 5. The van der Waals surface area contributed by atoms with Crippen molar-refractivity contribution in [2.75, 3.05) is 12.5 Å². The van der Waals surface area contributed by atoms with Crippen molar-refractivity contribution in [3.63, 3.8) is 0 Å². The summed E-state index contributed by atoms with van der Waals surface area (Å²) in [5, 5.41) is 0.786. The van der Waals surface area contributed by atoms with E-state index in [-0.39, 0.29) is 31.2 Å². The second kappa shape index (κ2) is 7.99. The minimum atomic E-state index is -3.72. The highest BCUT2D eigenvalue weighted by Crippen LogP contribution is 2.33. The van der Waals surface area contributed by atoms with Gasteiger partial charge in [0, 0.05) is 5.02 Å². The lowest BCUT2D eigenvalue weighted by Crippen LogP contribution is -2.30. The fourth-order valence-corrected chi connectivity index (χ4v) is 3.68. The Morgan fingerprint density at radius 3 is 2.12 bits per heavy atom. The number of carbonyl (C=O) groups is 1. The zero-order valence-corrected chi connectivity index (χ0v) is 16.4. The average molecular weight is 443 g/mol. The number of nitrogens with one attached hydrogen (secondary N) is 3. The van der Waals surface area contributed by atoms with Gasteiger partial charge < -0.3 is 0 Å². The van der Waals surface area contributed by atoms with Crippen molar-refractivity contribution < 1.29 is 13.2 Å². The lowest BCUT2D eigenvalue weighted by molar-refractivity contribution is 0.0962. The Labute approximate surface area is 164 Å². The van der Waals surface area contributed by atoms with Crippen molar-refractivity contribution in [2.45, 2.75) is 4.90 Å². The summed E-state index contributed by atoms with van der Waals surface area (Å²) in [6.45, 7) is 0. The fraction of sp³-hybridized carbons (Fsp3) is 0.0714. The maximum atomic E-state index is 12.3. The second-order valence-corrected chi connectivity index (χ2v) is 8.22. The van der Waals surface area contributed by atoms with Crippen LogP contribution in [-0.4, -0.2) is 21.4 Å². The molecule has 0 fully saturated rings. The van der Waals surface area contributed by atoms with E-state index >= 15 is 0 Å². The first kappa shape index (κ1) is 20.1. The molecule has 1 amide bonds. The Morgan fingerprint density at radius 1 is 0.960 bits per heavy atom. The maximum Gasteiger partial charge on any atom is 0.271 e. The number of hydrazine groups is 1. The lowest BCUT2D eigenvalue weighted by Gasteiger charge is -2.13. The number of amides is 1. The topological polar surface area (TPSA) is 87.3 Å². The molecule has 11 heteroatoms. The molecule has 0 aliphatic heterocycles. The summed E-state index contributed by atoms with van der Waals surface area (Å²) < 4.78 is 25.8. The van der Waals surface area contributed by atoms with E-state index in [1.54, 1.807) is 0 Å². The van der Waals surface area contributed by atoms with Crippen LogP contribution < -0.4 is 15.6 Å². The molecule has 0 radical (unpaired) electrons. The summed E-state index contributed by atoms with van der Waals surface area (Å²) in [6, 6.07) is 6.62. The highest BCUT2D eigenvalue weighted by atomic mass is 35.5. The summed E-state index contributed by atoms with van der Waals surface area (Å²) in [4.78, 5) is 12.2. The molecule has 0 aromatic heterocycles. The normalized spacial score (nSPS) is 11.2. The van der Waals surface area contributed by atoms with E-state index in [0.29, 0.717) is 5.02 Å². The molecule has 6 nitrogen and oxygen atoms in total. The van der Waals surface area contributed by atoms with Gasteiger partial charge in [-0.1, -0.05) is 46.4 Å². The third-order valence-corrected chi connectivity index (χ3v) is 5.63. The zero-order chi connectivity index (χ0) is 18.8. The van der Waals surface area contributed by atoms with Crippen LogP contribution in [0.25, 0.3) is 0 Å². The number of sulfonamides is 1. The third-order valence-electron chi connectivity index (χ3n) is 3.07. The van der Waals surface area contributed by atoms with Crippen LogP contribution >= 0.6 is 46.4 Å². The van der Waals surface area contributed by atoms with E-state index in [4.69, 9.17) is 46.4 Å². The van der Waals surface area contributed by atoms with E-state index in [2.05, 4.69) is 15.6 Å². The molecule has 0 saturated heterocycles. The summed E-state index contributed by atoms with van der Waals surface area (Å²) in [5.41, 5.74) is 5.10. The summed E-state index contributed by atoms with van der Waals surface area (Å²) in [6.07, 6.45) is 0. The Bertz CT molecular complexity index is 912. The maximum absolute atomic E-state index is 12.3. The molecule has 2 aromatic carbocycles. The third kappa shape index (κ3) is 4.69. The van der Waals surface area contributed by atoms with Gasteiger partial charge in [-0.05, 0) is 37.4 Å². The molecular formula is C14H11Cl4N3O3S. The van der Waals surface area contributed by atoms with E-state index in [0.717, 1.165) is 6.07 Å². The predicted molar refractivity (Wildman–Crippen MR) is 100 cm³/mol. The molecule has 0 aliphatic carbocycles. The van der Waals surface area contributed by atoms with Crippen LogP contribution in [0.4, 0.5) is 5.69 Å². The molecule has 2 rings (SSSR count). The smallest absolute Gasteiger partial charge is 0.271 e. The van der Waals surface area contributed by atoms with Gasteiger partial charge in [-0.3, -0.25) is 15.6 Å². The van der Waals surface area contributed by atoms with Gasteiger partial charge in [-0.15, -0.1) is 0 Å². The van der Waals surface area contributed by atoms with E-state index in [9.17, 15) is 13.2 Å².